The van der Waals surface area contributed by atoms with Gasteiger partial charge in [-0.2, -0.15) is 4.98 Å². The number of aromatic nitrogens is 3. The first kappa shape index (κ1) is 28.6. The number of rotatable bonds is 10. The second-order valence-electron chi connectivity index (χ2n) is 11.3. The first-order chi connectivity index (χ1) is 19.4. The van der Waals surface area contributed by atoms with Crippen molar-refractivity contribution in [1.82, 2.24) is 24.8 Å². The van der Waals surface area contributed by atoms with Crippen molar-refractivity contribution >= 4 is 33.5 Å². The molecule has 1 fully saturated rings. The predicted molar refractivity (Wildman–Crippen MR) is 166 cm³/mol. The van der Waals surface area contributed by atoms with Crippen molar-refractivity contribution in [1.29, 1.82) is 5.41 Å². The van der Waals surface area contributed by atoms with E-state index in [-0.39, 0.29) is 22.9 Å². The molecule has 10 heteroatoms. The fourth-order valence-corrected chi connectivity index (χ4v) is 6.45. The number of fused-ring (bicyclic) bond motifs is 1. The van der Waals surface area contributed by atoms with Gasteiger partial charge < -0.3 is 21.8 Å². The van der Waals surface area contributed by atoms with Crippen molar-refractivity contribution in [3.8, 4) is 5.69 Å². The Hall–Kier alpha value is -2.92. The molecule has 2 aliphatic heterocycles. The van der Waals surface area contributed by atoms with Crippen LogP contribution in [0.4, 0.5) is 0 Å². The number of thioether (sulfide) groups is 1. The van der Waals surface area contributed by atoms with Gasteiger partial charge in [0.15, 0.2) is 5.17 Å². The summed E-state index contributed by atoms with van der Waals surface area (Å²) >= 11 is 1.41. The molecule has 40 heavy (non-hydrogen) atoms. The van der Waals surface area contributed by atoms with Crippen LogP contribution in [-0.2, 0) is 0 Å². The van der Waals surface area contributed by atoms with Crippen LogP contribution in [0.1, 0.15) is 69.2 Å². The lowest BCUT2D eigenvalue weighted by atomic mass is 10.0. The van der Waals surface area contributed by atoms with Gasteiger partial charge in [0.25, 0.3) is 0 Å². The van der Waals surface area contributed by atoms with Gasteiger partial charge in [-0.05, 0) is 74.9 Å². The van der Waals surface area contributed by atoms with Gasteiger partial charge in [0.1, 0.15) is 5.65 Å². The van der Waals surface area contributed by atoms with Crippen molar-refractivity contribution < 1.29 is 0 Å². The molecule has 0 spiro atoms. The second-order valence-corrected chi connectivity index (χ2v) is 12.4. The maximum atomic E-state index is 13.0. The number of benzene rings is 1. The zero-order valence-electron chi connectivity index (χ0n) is 23.4. The number of hydrogen-bond acceptors (Lipinski definition) is 7. The molecule has 5 rings (SSSR count). The largest absolute Gasteiger partial charge is 0.379 e. The fourth-order valence-electron chi connectivity index (χ4n) is 5.82. The molecular formula is C30H42N8OS. The highest BCUT2D eigenvalue weighted by Gasteiger charge is 2.21. The molecule has 1 aromatic carbocycles. The zero-order valence-corrected chi connectivity index (χ0v) is 24.2. The highest BCUT2D eigenvalue weighted by atomic mass is 32.2. The van der Waals surface area contributed by atoms with E-state index in [1.807, 2.05) is 18.3 Å². The molecule has 1 saturated heterocycles. The van der Waals surface area contributed by atoms with Gasteiger partial charge in [0, 0.05) is 54.2 Å². The first-order valence-corrected chi connectivity index (χ1v) is 15.5. The van der Waals surface area contributed by atoms with E-state index in [0.29, 0.717) is 11.7 Å². The van der Waals surface area contributed by atoms with E-state index < -0.39 is 0 Å². The summed E-state index contributed by atoms with van der Waals surface area (Å²) in [4.78, 5) is 23.1. The molecule has 0 bridgehead atoms. The minimum absolute atomic E-state index is 0.186. The molecule has 2 aliphatic rings. The third-order valence-corrected chi connectivity index (χ3v) is 8.76. The Morgan fingerprint density at radius 1 is 1.25 bits per heavy atom. The number of nitrogens with zero attached hydrogens (tertiary/aromatic N) is 3. The number of amidine groups is 1. The van der Waals surface area contributed by atoms with E-state index in [0.717, 1.165) is 74.3 Å². The van der Waals surface area contributed by atoms with Crippen LogP contribution in [0.5, 0.6) is 0 Å². The number of H-pyrrole nitrogens is 1. The Bertz CT molecular complexity index is 1390. The molecule has 0 radical (unpaired) electrons. The molecule has 3 atom stereocenters. The highest BCUT2D eigenvalue weighted by Crippen LogP contribution is 2.28. The van der Waals surface area contributed by atoms with E-state index in [1.54, 1.807) is 4.57 Å². The summed E-state index contributed by atoms with van der Waals surface area (Å²) in [5, 5.41) is 12.4. The van der Waals surface area contributed by atoms with E-state index in [9.17, 15) is 4.79 Å². The van der Waals surface area contributed by atoms with Crippen molar-refractivity contribution in [2.75, 3.05) is 25.4 Å². The van der Waals surface area contributed by atoms with Crippen LogP contribution in [-0.4, -0.2) is 62.1 Å². The van der Waals surface area contributed by atoms with Crippen LogP contribution in [0.2, 0.25) is 0 Å². The molecule has 0 aliphatic carbocycles. The average molecular weight is 563 g/mol. The van der Waals surface area contributed by atoms with Crippen LogP contribution in [0.15, 0.2) is 47.4 Å². The monoisotopic (exact) mass is 562 g/mol. The van der Waals surface area contributed by atoms with Gasteiger partial charge in [-0.15, -0.1) is 0 Å². The van der Waals surface area contributed by atoms with Crippen LogP contribution in [0.25, 0.3) is 22.3 Å². The highest BCUT2D eigenvalue weighted by molar-refractivity contribution is 8.13. The second kappa shape index (κ2) is 13.2. The smallest absolute Gasteiger partial charge is 0.354 e. The maximum Gasteiger partial charge on any atom is 0.354 e. The molecule has 3 aromatic rings. The molecule has 214 valence electrons. The summed E-state index contributed by atoms with van der Waals surface area (Å²) in [6.45, 7) is 4.92. The van der Waals surface area contributed by atoms with Gasteiger partial charge >= 0.3 is 5.69 Å². The molecule has 0 amide bonds. The lowest BCUT2D eigenvalue weighted by molar-refractivity contribution is 0.341. The normalized spacial score (nSPS) is 20.9. The Morgan fingerprint density at radius 3 is 2.83 bits per heavy atom. The summed E-state index contributed by atoms with van der Waals surface area (Å²) in [5.41, 5.74) is 16.1. The molecule has 2 aromatic heterocycles. The van der Waals surface area contributed by atoms with Crippen LogP contribution >= 0.6 is 11.8 Å². The third-order valence-electron chi connectivity index (χ3n) is 8.01. The average Bonchev–Trinajstić information content (AvgIpc) is 3.49. The van der Waals surface area contributed by atoms with E-state index in [2.05, 4.69) is 51.4 Å². The van der Waals surface area contributed by atoms with Crippen molar-refractivity contribution in [2.45, 2.75) is 70.0 Å². The lowest BCUT2D eigenvalue weighted by Gasteiger charge is -2.23. The summed E-state index contributed by atoms with van der Waals surface area (Å²) < 4.78 is 1.63. The summed E-state index contributed by atoms with van der Waals surface area (Å²) in [5.74, 6) is 0.863. The minimum Gasteiger partial charge on any atom is -0.379 e. The van der Waals surface area contributed by atoms with Gasteiger partial charge in [-0.25, -0.2) is 4.79 Å². The quantitative estimate of drug-likeness (QED) is 0.185. The van der Waals surface area contributed by atoms with Crippen LogP contribution in [0, 0.1) is 5.41 Å². The topological polar surface area (TPSA) is 142 Å². The summed E-state index contributed by atoms with van der Waals surface area (Å²) in [7, 11) is 0. The van der Waals surface area contributed by atoms with E-state index in [4.69, 9.17) is 16.9 Å². The Balaban J connectivity index is 1.26. The maximum absolute atomic E-state index is 13.0. The molecule has 7 N–H and O–H groups in total. The molecule has 0 unspecified atom stereocenters. The number of nitrogens with one attached hydrogen (secondary N) is 3. The van der Waals surface area contributed by atoms with E-state index >= 15 is 0 Å². The number of nitrogens with two attached hydrogens (primary N) is 2. The van der Waals surface area contributed by atoms with Gasteiger partial charge in [0.05, 0.1) is 5.69 Å². The van der Waals surface area contributed by atoms with Crippen LogP contribution < -0.4 is 22.5 Å². The van der Waals surface area contributed by atoms with Gasteiger partial charge in [0.2, 0.25) is 0 Å². The Kier molecular flexibility index (Phi) is 9.41. The number of aromatic amines is 1. The number of hydrogen-bond donors (Lipinski definition) is 5. The van der Waals surface area contributed by atoms with Gasteiger partial charge in [-0.3, -0.25) is 14.9 Å². The Morgan fingerprint density at radius 2 is 2.05 bits per heavy atom. The predicted octanol–water partition coefficient (Wildman–Crippen LogP) is 4.13. The third kappa shape index (κ3) is 7.23. The van der Waals surface area contributed by atoms with Crippen molar-refractivity contribution in [3.05, 3.63) is 64.3 Å². The summed E-state index contributed by atoms with van der Waals surface area (Å²) in [6.07, 6.45) is 11.9. The zero-order chi connectivity index (χ0) is 28.1. The lowest BCUT2D eigenvalue weighted by Crippen LogP contribution is -2.32. The van der Waals surface area contributed by atoms with Crippen molar-refractivity contribution in [2.24, 2.45) is 11.5 Å². The van der Waals surface area contributed by atoms with Gasteiger partial charge in [-0.1, -0.05) is 42.8 Å². The fraction of sp³-hybridized carbons (Fsp3) is 0.500. The SMILES string of the molecule is C[C@H](N)CCCN1CC=C(c2cc3cn(-c4ccc([C@@H]5CCCC[C@@H](CCSC(=N)N)N5)cc4)c(=O)nc3[nH]2)C1. The Labute approximate surface area is 240 Å². The molecule has 0 saturated carbocycles. The molecule has 9 nitrogen and oxygen atoms in total. The molecular weight excluding hydrogens is 520 g/mol. The minimum atomic E-state index is -0.290. The van der Waals surface area contributed by atoms with E-state index in [1.165, 1.54) is 35.7 Å². The summed E-state index contributed by atoms with van der Waals surface area (Å²) in [6, 6.07) is 11.3. The standard InChI is InChI=1S/C30H42N8OS/c1-20(31)5-4-14-37-15-12-22(18-37)27-17-23-19-38(30(39)36-28(23)35-27)25-10-8-21(9-11-25)26-7-3-2-6-24(34-26)13-16-40-29(32)33/h8-12,17,19-20,24,26,34H,2-7,13-16,18,31H2,1H3,(H3,32,33)(H,35,36,39)/t20-,24-,26-/m0/s1. The van der Waals surface area contributed by atoms with Crippen LogP contribution in [0.3, 0.4) is 0 Å². The molecule has 4 heterocycles. The first-order valence-electron chi connectivity index (χ1n) is 14.5. The van der Waals surface area contributed by atoms with Crippen molar-refractivity contribution in [3.63, 3.8) is 0 Å².